The van der Waals surface area contributed by atoms with Gasteiger partial charge in [0.05, 0.1) is 11.7 Å². The first-order chi connectivity index (χ1) is 10.2. The Morgan fingerprint density at radius 1 is 1.00 bits per heavy atom. The molecule has 1 aromatic carbocycles. The van der Waals surface area contributed by atoms with Crippen LogP contribution < -0.4 is 10.9 Å². The molecule has 3 rings (SSSR count). The first-order valence-electron chi connectivity index (χ1n) is 6.92. The fraction of sp³-hybridized carbons (Fsp3) is 0.250. The minimum Gasteiger partial charge on any atom is -0.459 e. The predicted molar refractivity (Wildman–Crippen MR) is 76.3 cm³/mol. The molecule has 5 nitrogen and oxygen atoms in total. The molecule has 0 spiro atoms. The average molecular weight is 284 g/mol. The lowest BCUT2D eigenvalue weighted by molar-refractivity contribution is -0.130. The van der Waals surface area contributed by atoms with Gasteiger partial charge in [0.15, 0.2) is 5.76 Å². The third-order valence-electron chi connectivity index (χ3n) is 4.00. The fourth-order valence-electron chi connectivity index (χ4n) is 2.64. The van der Waals surface area contributed by atoms with Crippen LogP contribution in [-0.4, -0.2) is 11.8 Å². The quantitative estimate of drug-likeness (QED) is 0.848. The maximum absolute atomic E-state index is 12.5. The Hall–Kier alpha value is -2.56. The minimum absolute atomic E-state index is 0.165. The number of carbonyl (C=O) groups is 2. The Balaban J connectivity index is 1.68. The molecule has 1 fully saturated rings. The summed E-state index contributed by atoms with van der Waals surface area (Å²) in [5.41, 5.74) is 5.37. The van der Waals surface area contributed by atoms with E-state index in [9.17, 15) is 9.59 Å². The third kappa shape index (κ3) is 2.42. The molecule has 2 N–H and O–H groups in total. The van der Waals surface area contributed by atoms with Crippen LogP contribution in [0.1, 0.15) is 35.4 Å². The molecule has 1 aliphatic rings. The summed E-state index contributed by atoms with van der Waals surface area (Å²) >= 11 is 0. The van der Waals surface area contributed by atoms with E-state index >= 15 is 0 Å². The van der Waals surface area contributed by atoms with Crippen LogP contribution in [-0.2, 0) is 10.2 Å². The van der Waals surface area contributed by atoms with Crippen LogP contribution in [0, 0.1) is 0 Å². The van der Waals surface area contributed by atoms with Crippen molar-refractivity contribution in [1.29, 1.82) is 0 Å². The highest BCUT2D eigenvalue weighted by Crippen LogP contribution is 2.43. The smallest absolute Gasteiger partial charge is 0.305 e. The van der Waals surface area contributed by atoms with E-state index in [-0.39, 0.29) is 11.7 Å². The number of benzene rings is 1. The molecule has 1 aromatic heterocycles. The number of hydrogen-bond donors (Lipinski definition) is 2. The van der Waals surface area contributed by atoms with Crippen molar-refractivity contribution in [3.8, 4) is 0 Å². The Labute approximate surface area is 122 Å². The maximum atomic E-state index is 12.5. The molecule has 2 amide bonds. The summed E-state index contributed by atoms with van der Waals surface area (Å²) in [5, 5.41) is 0. The molecule has 1 heterocycles. The zero-order chi connectivity index (χ0) is 14.7. The molecule has 0 saturated heterocycles. The van der Waals surface area contributed by atoms with Gasteiger partial charge in [-0.3, -0.25) is 20.4 Å². The Bertz CT molecular complexity index is 631. The van der Waals surface area contributed by atoms with Crippen molar-refractivity contribution in [2.24, 2.45) is 0 Å². The second-order valence-electron chi connectivity index (χ2n) is 5.19. The van der Waals surface area contributed by atoms with E-state index < -0.39 is 11.3 Å². The summed E-state index contributed by atoms with van der Waals surface area (Å²) in [7, 11) is 0. The van der Waals surface area contributed by atoms with E-state index in [2.05, 4.69) is 10.9 Å². The summed E-state index contributed by atoms with van der Waals surface area (Å²) in [4.78, 5) is 24.2. The molecule has 1 saturated carbocycles. The van der Waals surface area contributed by atoms with Crippen molar-refractivity contribution in [1.82, 2.24) is 10.9 Å². The van der Waals surface area contributed by atoms with Crippen molar-refractivity contribution < 1.29 is 14.0 Å². The molecule has 108 valence electrons. The van der Waals surface area contributed by atoms with E-state index in [4.69, 9.17) is 4.42 Å². The minimum atomic E-state index is -0.530. The zero-order valence-electron chi connectivity index (χ0n) is 11.5. The van der Waals surface area contributed by atoms with Gasteiger partial charge in [0, 0.05) is 0 Å². The molecular formula is C16H16N2O3. The summed E-state index contributed by atoms with van der Waals surface area (Å²) in [6, 6.07) is 12.8. The van der Waals surface area contributed by atoms with Gasteiger partial charge in [-0.15, -0.1) is 0 Å². The lowest BCUT2D eigenvalue weighted by atomic mass is 9.64. The summed E-state index contributed by atoms with van der Waals surface area (Å²) in [6.07, 6.45) is 4.00. The highest BCUT2D eigenvalue weighted by Gasteiger charge is 2.45. The van der Waals surface area contributed by atoms with Gasteiger partial charge in [-0.1, -0.05) is 36.8 Å². The number of hydrazine groups is 1. The number of amides is 2. The zero-order valence-corrected chi connectivity index (χ0v) is 11.5. The summed E-state index contributed by atoms with van der Waals surface area (Å²) < 4.78 is 4.97. The van der Waals surface area contributed by atoms with Crippen molar-refractivity contribution in [2.45, 2.75) is 24.7 Å². The summed E-state index contributed by atoms with van der Waals surface area (Å²) in [6.45, 7) is 0. The van der Waals surface area contributed by atoms with Crippen molar-refractivity contribution >= 4 is 11.8 Å². The van der Waals surface area contributed by atoms with Gasteiger partial charge in [0.2, 0.25) is 5.91 Å². The molecule has 0 aliphatic heterocycles. The molecule has 0 atom stereocenters. The molecule has 1 aliphatic carbocycles. The van der Waals surface area contributed by atoms with Crippen LogP contribution in [0.3, 0.4) is 0 Å². The molecule has 21 heavy (non-hydrogen) atoms. The monoisotopic (exact) mass is 284 g/mol. The van der Waals surface area contributed by atoms with Gasteiger partial charge < -0.3 is 4.42 Å². The molecular weight excluding hydrogens is 268 g/mol. The lowest BCUT2D eigenvalue weighted by Gasteiger charge is -2.40. The number of carbonyl (C=O) groups excluding carboxylic acids is 2. The molecule has 0 bridgehead atoms. The van der Waals surface area contributed by atoms with E-state index in [0.29, 0.717) is 0 Å². The van der Waals surface area contributed by atoms with Gasteiger partial charge in [-0.05, 0) is 30.5 Å². The standard InChI is InChI=1S/C16H16N2O3/c19-14(13-8-4-11-21-13)17-18-15(20)16(9-5-10-16)12-6-2-1-3-7-12/h1-4,6-8,11H,5,9-10H2,(H,17,19)(H,18,20). The first kappa shape index (κ1) is 13.4. The number of rotatable bonds is 3. The van der Waals surface area contributed by atoms with E-state index in [0.717, 1.165) is 24.8 Å². The van der Waals surface area contributed by atoms with Crippen LogP contribution >= 0.6 is 0 Å². The van der Waals surface area contributed by atoms with Crippen molar-refractivity contribution in [3.05, 3.63) is 60.1 Å². The van der Waals surface area contributed by atoms with E-state index in [1.165, 1.54) is 12.3 Å². The van der Waals surface area contributed by atoms with Gasteiger partial charge in [0.1, 0.15) is 0 Å². The largest absolute Gasteiger partial charge is 0.459 e. The van der Waals surface area contributed by atoms with Crippen LogP contribution in [0.2, 0.25) is 0 Å². The molecule has 0 radical (unpaired) electrons. The van der Waals surface area contributed by atoms with E-state index in [1.54, 1.807) is 6.07 Å². The van der Waals surface area contributed by atoms with Crippen LogP contribution in [0.15, 0.2) is 53.1 Å². The highest BCUT2D eigenvalue weighted by molar-refractivity contribution is 5.95. The highest BCUT2D eigenvalue weighted by atomic mass is 16.3. The Kier molecular flexibility index (Phi) is 3.48. The predicted octanol–water partition coefficient (Wildman–Crippen LogP) is 2.16. The van der Waals surface area contributed by atoms with Crippen molar-refractivity contribution in [3.63, 3.8) is 0 Å². The molecule has 2 aromatic rings. The third-order valence-corrected chi connectivity index (χ3v) is 4.00. The average Bonchev–Trinajstić information content (AvgIpc) is 2.99. The van der Waals surface area contributed by atoms with Gasteiger partial charge in [0.25, 0.3) is 0 Å². The molecule has 5 heteroatoms. The van der Waals surface area contributed by atoms with E-state index in [1.807, 2.05) is 30.3 Å². The SMILES string of the molecule is O=C(NNC(=O)C1(c2ccccc2)CCC1)c1ccco1. The molecule has 0 unspecified atom stereocenters. The van der Waals surface area contributed by atoms with Crippen molar-refractivity contribution in [2.75, 3.05) is 0 Å². The number of hydrogen-bond acceptors (Lipinski definition) is 3. The normalized spacial score (nSPS) is 15.8. The summed E-state index contributed by atoms with van der Waals surface area (Å²) in [5.74, 6) is -0.478. The topological polar surface area (TPSA) is 71.3 Å². The van der Waals surface area contributed by atoms with Gasteiger partial charge >= 0.3 is 5.91 Å². The lowest BCUT2D eigenvalue weighted by Crippen LogP contribution is -2.54. The number of nitrogens with one attached hydrogen (secondary N) is 2. The fourth-order valence-corrected chi connectivity index (χ4v) is 2.64. The van der Waals surface area contributed by atoms with Gasteiger partial charge in [-0.2, -0.15) is 0 Å². The number of furan rings is 1. The van der Waals surface area contributed by atoms with Gasteiger partial charge in [-0.25, -0.2) is 0 Å². The van der Waals surface area contributed by atoms with Crippen LogP contribution in [0.5, 0.6) is 0 Å². The maximum Gasteiger partial charge on any atom is 0.305 e. The first-order valence-corrected chi connectivity index (χ1v) is 6.92. The van der Waals surface area contributed by atoms with Crippen LogP contribution in [0.25, 0.3) is 0 Å². The second kappa shape index (κ2) is 5.44. The second-order valence-corrected chi connectivity index (χ2v) is 5.19. The van der Waals surface area contributed by atoms with Crippen LogP contribution in [0.4, 0.5) is 0 Å². The Morgan fingerprint density at radius 2 is 1.76 bits per heavy atom. The Morgan fingerprint density at radius 3 is 2.33 bits per heavy atom.